The molecule has 1 unspecified atom stereocenters. The lowest BCUT2D eigenvalue weighted by atomic mass is 10.2. The zero-order chi connectivity index (χ0) is 10.4. The first-order valence-electron chi connectivity index (χ1n) is 5.22. The minimum Gasteiger partial charge on any atom is -0.395 e. The third kappa shape index (κ3) is 2.74. The molecule has 0 aliphatic carbocycles. The van der Waals surface area contributed by atoms with Crippen LogP contribution >= 0.6 is 0 Å². The van der Waals surface area contributed by atoms with Crippen molar-refractivity contribution in [1.29, 1.82) is 0 Å². The second-order valence-corrected chi connectivity index (χ2v) is 3.51. The SMILES string of the molecule is CCC(C)N(CCO)c1ccccc1. The second kappa shape index (κ2) is 5.66. The molecule has 2 nitrogen and oxygen atoms in total. The second-order valence-electron chi connectivity index (χ2n) is 3.51. The number of benzene rings is 1. The highest BCUT2D eigenvalue weighted by atomic mass is 16.3. The van der Waals surface area contributed by atoms with E-state index in [0.29, 0.717) is 12.6 Å². The molecule has 1 rings (SSSR count). The quantitative estimate of drug-likeness (QED) is 0.775. The van der Waals surface area contributed by atoms with Gasteiger partial charge in [0.1, 0.15) is 0 Å². The smallest absolute Gasteiger partial charge is 0.0606 e. The lowest BCUT2D eigenvalue weighted by Gasteiger charge is -2.30. The molecule has 0 aliphatic rings. The van der Waals surface area contributed by atoms with E-state index in [4.69, 9.17) is 5.11 Å². The van der Waals surface area contributed by atoms with Crippen LogP contribution in [-0.2, 0) is 0 Å². The molecule has 0 radical (unpaired) electrons. The zero-order valence-electron chi connectivity index (χ0n) is 8.98. The van der Waals surface area contributed by atoms with E-state index in [2.05, 4.69) is 30.9 Å². The minimum absolute atomic E-state index is 0.208. The van der Waals surface area contributed by atoms with E-state index in [1.807, 2.05) is 18.2 Å². The van der Waals surface area contributed by atoms with E-state index < -0.39 is 0 Å². The van der Waals surface area contributed by atoms with E-state index in [1.54, 1.807) is 0 Å². The van der Waals surface area contributed by atoms with Crippen molar-refractivity contribution in [3.63, 3.8) is 0 Å². The molecule has 14 heavy (non-hydrogen) atoms. The number of hydrogen-bond donors (Lipinski definition) is 1. The standard InChI is InChI=1S/C12H19NO/c1-3-11(2)13(9-10-14)12-7-5-4-6-8-12/h4-8,11,14H,3,9-10H2,1-2H3. The van der Waals surface area contributed by atoms with Gasteiger partial charge in [-0.2, -0.15) is 0 Å². The molecule has 0 saturated heterocycles. The summed E-state index contributed by atoms with van der Waals surface area (Å²) >= 11 is 0. The average molecular weight is 193 g/mol. The Morgan fingerprint density at radius 2 is 1.93 bits per heavy atom. The zero-order valence-corrected chi connectivity index (χ0v) is 8.98. The van der Waals surface area contributed by atoms with Gasteiger partial charge in [0.05, 0.1) is 6.61 Å². The molecule has 0 bridgehead atoms. The summed E-state index contributed by atoms with van der Waals surface area (Å²) in [5, 5.41) is 9.00. The fourth-order valence-electron chi connectivity index (χ4n) is 1.55. The summed E-state index contributed by atoms with van der Waals surface area (Å²) < 4.78 is 0. The van der Waals surface area contributed by atoms with Crippen molar-refractivity contribution in [1.82, 2.24) is 0 Å². The van der Waals surface area contributed by atoms with Crippen LogP contribution in [0.25, 0.3) is 0 Å². The molecular formula is C12H19NO. The number of nitrogens with zero attached hydrogens (tertiary/aromatic N) is 1. The lowest BCUT2D eigenvalue weighted by Crippen LogP contribution is -2.34. The van der Waals surface area contributed by atoms with Gasteiger partial charge in [-0.15, -0.1) is 0 Å². The summed E-state index contributed by atoms with van der Waals surface area (Å²) in [6.07, 6.45) is 1.09. The van der Waals surface area contributed by atoms with Crippen LogP contribution in [0.1, 0.15) is 20.3 Å². The fourth-order valence-corrected chi connectivity index (χ4v) is 1.55. The van der Waals surface area contributed by atoms with Gasteiger partial charge in [-0.1, -0.05) is 25.1 Å². The molecular weight excluding hydrogens is 174 g/mol. The largest absolute Gasteiger partial charge is 0.395 e. The third-order valence-electron chi connectivity index (χ3n) is 2.55. The molecule has 0 saturated carbocycles. The summed E-state index contributed by atoms with van der Waals surface area (Å²) in [5.74, 6) is 0. The topological polar surface area (TPSA) is 23.5 Å². The summed E-state index contributed by atoms with van der Waals surface area (Å²) in [6.45, 7) is 5.26. The lowest BCUT2D eigenvalue weighted by molar-refractivity contribution is 0.297. The molecule has 78 valence electrons. The molecule has 2 heteroatoms. The van der Waals surface area contributed by atoms with Crippen LogP contribution in [0, 0.1) is 0 Å². The Bertz CT molecular complexity index is 248. The van der Waals surface area contributed by atoms with Crippen molar-refractivity contribution in [2.75, 3.05) is 18.1 Å². The normalized spacial score (nSPS) is 12.5. The van der Waals surface area contributed by atoms with Crippen molar-refractivity contribution in [3.8, 4) is 0 Å². The number of rotatable bonds is 5. The van der Waals surface area contributed by atoms with Crippen LogP contribution < -0.4 is 4.90 Å². The summed E-state index contributed by atoms with van der Waals surface area (Å²) in [7, 11) is 0. The van der Waals surface area contributed by atoms with E-state index in [9.17, 15) is 0 Å². The number of anilines is 1. The van der Waals surface area contributed by atoms with Gasteiger partial charge in [0.15, 0.2) is 0 Å². The van der Waals surface area contributed by atoms with E-state index in [-0.39, 0.29) is 6.61 Å². The van der Waals surface area contributed by atoms with Gasteiger partial charge in [0, 0.05) is 18.3 Å². The van der Waals surface area contributed by atoms with Crippen LogP contribution in [0.3, 0.4) is 0 Å². The molecule has 0 aromatic heterocycles. The van der Waals surface area contributed by atoms with Crippen LogP contribution in [0.5, 0.6) is 0 Å². The molecule has 1 aromatic rings. The van der Waals surface area contributed by atoms with Crippen LogP contribution in [0.2, 0.25) is 0 Å². The highest BCUT2D eigenvalue weighted by molar-refractivity contribution is 5.46. The highest BCUT2D eigenvalue weighted by Crippen LogP contribution is 2.17. The first kappa shape index (κ1) is 11.1. The molecule has 1 atom stereocenters. The maximum Gasteiger partial charge on any atom is 0.0606 e. The molecule has 0 aliphatic heterocycles. The van der Waals surface area contributed by atoms with Crippen LogP contribution in [0.15, 0.2) is 30.3 Å². The average Bonchev–Trinajstić information content (AvgIpc) is 2.26. The van der Waals surface area contributed by atoms with Gasteiger partial charge < -0.3 is 10.0 Å². The van der Waals surface area contributed by atoms with Crippen molar-refractivity contribution >= 4 is 5.69 Å². The van der Waals surface area contributed by atoms with Crippen molar-refractivity contribution in [3.05, 3.63) is 30.3 Å². The Kier molecular flexibility index (Phi) is 4.47. The van der Waals surface area contributed by atoms with Gasteiger partial charge in [-0.3, -0.25) is 0 Å². The monoisotopic (exact) mass is 193 g/mol. The third-order valence-corrected chi connectivity index (χ3v) is 2.55. The number of hydrogen-bond acceptors (Lipinski definition) is 2. The Labute approximate surface area is 86.2 Å². The van der Waals surface area contributed by atoms with E-state index in [0.717, 1.165) is 6.42 Å². The summed E-state index contributed by atoms with van der Waals surface area (Å²) in [5.41, 5.74) is 1.19. The van der Waals surface area contributed by atoms with Crippen molar-refractivity contribution in [2.45, 2.75) is 26.3 Å². The van der Waals surface area contributed by atoms with Gasteiger partial charge in [-0.05, 0) is 25.5 Å². The molecule has 0 spiro atoms. The van der Waals surface area contributed by atoms with E-state index in [1.165, 1.54) is 5.69 Å². The summed E-state index contributed by atoms with van der Waals surface area (Å²) in [6, 6.07) is 10.7. The van der Waals surface area contributed by atoms with Gasteiger partial charge >= 0.3 is 0 Å². The molecule has 0 fully saturated rings. The highest BCUT2D eigenvalue weighted by Gasteiger charge is 2.11. The maximum atomic E-state index is 9.00. The Hall–Kier alpha value is -1.02. The Morgan fingerprint density at radius 3 is 2.43 bits per heavy atom. The summed E-state index contributed by atoms with van der Waals surface area (Å²) in [4.78, 5) is 2.24. The predicted octanol–water partition coefficient (Wildman–Crippen LogP) is 2.28. The first-order chi connectivity index (χ1) is 6.79. The molecule has 1 aromatic carbocycles. The maximum absolute atomic E-state index is 9.00. The van der Waals surface area contributed by atoms with E-state index >= 15 is 0 Å². The predicted molar refractivity (Wildman–Crippen MR) is 60.6 cm³/mol. The molecule has 1 N–H and O–H groups in total. The molecule has 0 heterocycles. The Morgan fingerprint density at radius 1 is 1.29 bits per heavy atom. The molecule has 0 amide bonds. The number of aliphatic hydroxyl groups excluding tert-OH is 1. The van der Waals surface area contributed by atoms with Gasteiger partial charge in [0.25, 0.3) is 0 Å². The van der Waals surface area contributed by atoms with Crippen LogP contribution in [-0.4, -0.2) is 24.3 Å². The number of para-hydroxylation sites is 1. The van der Waals surface area contributed by atoms with Gasteiger partial charge in [0.2, 0.25) is 0 Å². The van der Waals surface area contributed by atoms with Crippen molar-refractivity contribution < 1.29 is 5.11 Å². The van der Waals surface area contributed by atoms with Crippen molar-refractivity contribution in [2.24, 2.45) is 0 Å². The fraction of sp³-hybridized carbons (Fsp3) is 0.500. The Balaban J connectivity index is 2.77. The minimum atomic E-state index is 0.208. The van der Waals surface area contributed by atoms with Gasteiger partial charge in [-0.25, -0.2) is 0 Å². The first-order valence-corrected chi connectivity index (χ1v) is 5.22. The number of aliphatic hydroxyl groups is 1. The van der Waals surface area contributed by atoms with Crippen LogP contribution in [0.4, 0.5) is 5.69 Å².